The van der Waals surface area contributed by atoms with Gasteiger partial charge in [-0.25, -0.2) is 4.79 Å². The van der Waals surface area contributed by atoms with E-state index in [4.69, 9.17) is 11.3 Å². The first-order valence-electron chi connectivity index (χ1n) is 15.3. The van der Waals surface area contributed by atoms with E-state index in [2.05, 4.69) is 41.6 Å². The first-order valence-corrected chi connectivity index (χ1v) is 15.3. The number of nitrogens with zero attached hydrogens (tertiary/aromatic N) is 1. The molecule has 0 aliphatic heterocycles. The van der Waals surface area contributed by atoms with Crippen molar-refractivity contribution in [3.63, 3.8) is 0 Å². The highest BCUT2D eigenvalue weighted by Gasteiger charge is 2.63. The fraction of sp³-hybridized carbons (Fsp3) is 0.750. The van der Waals surface area contributed by atoms with Crippen LogP contribution in [0.1, 0.15) is 86.0 Å². The van der Waals surface area contributed by atoms with E-state index >= 15 is 0 Å². The summed E-state index contributed by atoms with van der Waals surface area (Å²) in [6, 6.07) is -2.49. The zero-order valence-electron chi connectivity index (χ0n) is 25.5. The number of carboxylic acids is 1. The minimum atomic E-state index is -1.49. The Labute approximate surface area is 248 Å². The average molecular weight is 586 g/mol. The number of hydrogen-bond acceptors (Lipinski definition) is 7. The standard InChI is InChI=1S/C32H47N3O7/c1-7-32(41)15-12-24-22-9-8-20-16-21(10-13-30(20,5)23(22)11-14-31(24,32)6)35-42-17-25(37)33-26(18(2)3)28(38)34-27(19(4)36)29(39)40/h1,16,18-19,22-24,26-27,36,41H,8-15,17H2,2-6H3,(H,33,37)(H,34,38)(H,39,40)/b35-21-/t19-,22+,23-,24-,26-,27-,30-,31-,32+/m0/s1. The van der Waals surface area contributed by atoms with Crippen molar-refractivity contribution in [1.82, 2.24) is 10.6 Å². The van der Waals surface area contributed by atoms with Gasteiger partial charge in [0.15, 0.2) is 12.6 Å². The molecule has 2 amide bonds. The van der Waals surface area contributed by atoms with Crippen LogP contribution in [0.4, 0.5) is 0 Å². The smallest absolute Gasteiger partial charge is 0.328 e. The summed E-state index contributed by atoms with van der Waals surface area (Å²) in [5.74, 6) is 1.31. The molecule has 0 aromatic rings. The van der Waals surface area contributed by atoms with Crippen LogP contribution in [0.15, 0.2) is 16.8 Å². The Morgan fingerprint density at radius 2 is 1.76 bits per heavy atom. The highest BCUT2D eigenvalue weighted by molar-refractivity contribution is 5.96. The van der Waals surface area contributed by atoms with Crippen LogP contribution < -0.4 is 10.6 Å². The molecule has 0 aromatic heterocycles. The molecule has 232 valence electrons. The van der Waals surface area contributed by atoms with Crippen LogP contribution in [0.25, 0.3) is 0 Å². The molecule has 0 aromatic carbocycles. The number of carboxylic acid groups (broad SMARTS) is 1. The van der Waals surface area contributed by atoms with E-state index in [-0.39, 0.29) is 23.4 Å². The number of aliphatic carboxylic acids is 1. The maximum absolute atomic E-state index is 12.7. The second-order valence-corrected chi connectivity index (χ2v) is 13.7. The van der Waals surface area contributed by atoms with Crippen LogP contribution in [0.2, 0.25) is 0 Å². The van der Waals surface area contributed by atoms with Crippen LogP contribution in [0.3, 0.4) is 0 Å². The average Bonchev–Trinajstić information content (AvgIpc) is 3.20. The van der Waals surface area contributed by atoms with Crippen molar-refractivity contribution in [2.45, 2.75) is 110 Å². The number of aliphatic hydroxyl groups excluding tert-OH is 1. The summed E-state index contributed by atoms with van der Waals surface area (Å²) in [4.78, 5) is 42.0. The van der Waals surface area contributed by atoms with Crippen LogP contribution in [0.5, 0.6) is 0 Å². The van der Waals surface area contributed by atoms with E-state index in [1.54, 1.807) is 13.8 Å². The number of aliphatic hydroxyl groups is 2. The van der Waals surface area contributed by atoms with Crippen LogP contribution in [0, 0.1) is 46.8 Å². The number of oxime groups is 1. The van der Waals surface area contributed by atoms with Crippen molar-refractivity contribution in [2.75, 3.05) is 6.61 Å². The molecule has 10 heteroatoms. The number of rotatable bonds is 9. The van der Waals surface area contributed by atoms with Gasteiger partial charge < -0.3 is 30.8 Å². The Kier molecular flexibility index (Phi) is 9.15. The Hall–Kier alpha value is -2.90. The molecule has 4 rings (SSSR count). The summed E-state index contributed by atoms with van der Waals surface area (Å²) in [5.41, 5.74) is 0.998. The van der Waals surface area contributed by atoms with Gasteiger partial charge in [-0.3, -0.25) is 9.59 Å². The molecule has 4 aliphatic rings. The lowest BCUT2D eigenvalue weighted by Gasteiger charge is -2.58. The molecular weight excluding hydrogens is 538 g/mol. The molecule has 0 heterocycles. The summed E-state index contributed by atoms with van der Waals surface area (Å²) in [6.07, 6.45) is 14.0. The van der Waals surface area contributed by atoms with E-state index in [1.165, 1.54) is 12.5 Å². The zero-order valence-corrected chi connectivity index (χ0v) is 25.5. The quantitative estimate of drug-likeness (QED) is 0.206. The number of fused-ring (bicyclic) bond motifs is 5. The molecule has 0 unspecified atom stereocenters. The third kappa shape index (κ3) is 5.70. The molecule has 3 saturated carbocycles. The molecule has 42 heavy (non-hydrogen) atoms. The van der Waals surface area contributed by atoms with E-state index in [1.807, 2.05) is 0 Å². The molecule has 0 radical (unpaired) electrons. The van der Waals surface area contributed by atoms with Crippen molar-refractivity contribution < 1.29 is 34.5 Å². The van der Waals surface area contributed by atoms with Crippen molar-refractivity contribution in [1.29, 1.82) is 0 Å². The first-order chi connectivity index (χ1) is 19.7. The summed E-state index contributed by atoms with van der Waals surface area (Å²) in [6.45, 7) is 8.89. The van der Waals surface area contributed by atoms with Gasteiger partial charge >= 0.3 is 5.97 Å². The van der Waals surface area contributed by atoms with Crippen LogP contribution >= 0.6 is 0 Å². The third-order valence-electron chi connectivity index (χ3n) is 11.1. The fourth-order valence-corrected chi connectivity index (χ4v) is 8.45. The predicted octanol–water partition coefficient (Wildman–Crippen LogP) is 2.78. The second-order valence-electron chi connectivity index (χ2n) is 13.7. The topological polar surface area (TPSA) is 158 Å². The van der Waals surface area contributed by atoms with Gasteiger partial charge in [-0.1, -0.05) is 44.3 Å². The molecule has 5 N–H and O–H groups in total. The molecule has 4 aliphatic carbocycles. The number of nitrogens with one attached hydrogen (secondary N) is 2. The lowest BCUT2D eigenvalue weighted by Crippen LogP contribution is -2.56. The largest absolute Gasteiger partial charge is 0.480 e. The minimum Gasteiger partial charge on any atom is -0.480 e. The highest BCUT2D eigenvalue weighted by Crippen LogP contribution is 2.67. The second kappa shape index (κ2) is 12.0. The Balaban J connectivity index is 1.36. The van der Waals surface area contributed by atoms with E-state index in [0.29, 0.717) is 24.2 Å². The molecule has 9 atom stereocenters. The zero-order chi connectivity index (χ0) is 31.0. The van der Waals surface area contributed by atoms with Crippen LogP contribution in [-0.4, -0.2) is 69.2 Å². The third-order valence-corrected chi connectivity index (χ3v) is 11.1. The number of terminal acetylenes is 1. The summed E-state index contributed by atoms with van der Waals surface area (Å²) in [5, 5.41) is 39.2. The van der Waals surface area contributed by atoms with Gasteiger partial charge in [0.25, 0.3) is 5.91 Å². The number of carbonyl (C=O) groups is 3. The molecular formula is C32H47N3O7. The van der Waals surface area contributed by atoms with Gasteiger partial charge in [0.05, 0.1) is 11.8 Å². The number of amides is 2. The van der Waals surface area contributed by atoms with Gasteiger partial charge in [-0.2, -0.15) is 0 Å². The minimum absolute atomic E-state index is 0.0647. The van der Waals surface area contributed by atoms with Crippen LogP contribution in [-0.2, 0) is 19.2 Å². The maximum Gasteiger partial charge on any atom is 0.328 e. The van der Waals surface area contributed by atoms with Gasteiger partial charge in [-0.15, -0.1) is 6.42 Å². The van der Waals surface area contributed by atoms with Crippen molar-refractivity contribution in [2.24, 2.45) is 39.7 Å². The van der Waals surface area contributed by atoms with Crippen molar-refractivity contribution in [3.05, 3.63) is 11.6 Å². The van der Waals surface area contributed by atoms with Crippen molar-refractivity contribution in [3.8, 4) is 12.3 Å². The molecule has 0 saturated heterocycles. The monoisotopic (exact) mass is 585 g/mol. The number of hydrogen-bond donors (Lipinski definition) is 5. The predicted molar refractivity (Wildman–Crippen MR) is 157 cm³/mol. The summed E-state index contributed by atoms with van der Waals surface area (Å²) >= 11 is 0. The molecule has 10 nitrogen and oxygen atoms in total. The van der Waals surface area contributed by atoms with Gasteiger partial charge in [0.2, 0.25) is 5.91 Å². The number of carbonyl (C=O) groups excluding carboxylic acids is 2. The van der Waals surface area contributed by atoms with E-state index in [9.17, 15) is 29.7 Å². The first kappa shape index (κ1) is 32.0. The maximum atomic E-state index is 12.7. The highest BCUT2D eigenvalue weighted by atomic mass is 16.6. The van der Waals surface area contributed by atoms with Gasteiger partial charge in [-0.05, 0) is 93.5 Å². The Morgan fingerprint density at radius 3 is 2.38 bits per heavy atom. The molecule has 3 fully saturated rings. The van der Waals surface area contributed by atoms with Crippen molar-refractivity contribution >= 4 is 23.5 Å². The molecule has 0 spiro atoms. The summed E-state index contributed by atoms with van der Waals surface area (Å²) in [7, 11) is 0. The lowest BCUT2D eigenvalue weighted by molar-refractivity contribution is -0.145. The molecule has 0 bridgehead atoms. The number of allylic oxidation sites excluding steroid dienone is 2. The lowest BCUT2D eigenvalue weighted by atomic mass is 9.46. The SMILES string of the molecule is C#C[C@@]1(O)CC[C@H]2[C@@H]3CCC4=C/C(=N\OCC(=O)N[C@H](C(=O)N[C@H](C(=O)O)[C@H](C)O)C(C)C)CC[C@]4(C)[C@H]3CC[C@@]21C. The Morgan fingerprint density at radius 1 is 1.07 bits per heavy atom. The van der Waals surface area contributed by atoms with Gasteiger partial charge in [0.1, 0.15) is 11.6 Å². The normalized spacial score (nSPS) is 36.8. The fourth-order valence-electron chi connectivity index (χ4n) is 8.45. The Bertz CT molecular complexity index is 1190. The van der Waals surface area contributed by atoms with Gasteiger partial charge in [0, 0.05) is 5.41 Å². The van der Waals surface area contributed by atoms with E-state index in [0.717, 1.165) is 50.7 Å². The summed E-state index contributed by atoms with van der Waals surface area (Å²) < 4.78 is 0. The van der Waals surface area contributed by atoms with E-state index < -0.39 is 41.6 Å².